The van der Waals surface area contributed by atoms with Crippen LogP contribution < -0.4 is 5.56 Å². The van der Waals surface area contributed by atoms with Crippen molar-refractivity contribution < 1.29 is 10.0 Å². The number of thiazole rings is 1. The first-order valence-electron chi connectivity index (χ1n) is 8.29. The van der Waals surface area contributed by atoms with E-state index in [1.165, 1.54) is 34.2 Å². The molecule has 28 heavy (non-hydrogen) atoms. The molecule has 8 nitrogen and oxygen atoms in total. The number of nitrogens with one attached hydrogen (secondary N) is 1. The van der Waals surface area contributed by atoms with Crippen LogP contribution in [0.25, 0.3) is 16.4 Å². The highest BCUT2D eigenvalue weighted by Crippen LogP contribution is 2.25. The number of hydrogen-bond acceptors (Lipinski definition) is 6. The zero-order chi connectivity index (χ0) is 19.7. The number of hydrogen-bond donors (Lipinski definition) is 2. The van der Waals surface area contributed by atoms with Crippen molar-refractivity contribution in [2.24, 2.45) is 0 Å². The van der Waals surface area contributed by atoms with E-state index >= 15 is 0 Å². The summed E-state index contributed by atoms with van der Waals surface area (Å²) < 4.78 is 1.35. The van der Waals surface area contributed by atoms with Crippen LogP contribution in [0.1, 0.15) is 11.3 Å². The van der Waals surface area contributed by atoms with Crippen molar-refractivity contribution in [3.63, 3.8) is 0 Å². The molecule has 4 aromatic rings. The number of H-pyrrole nitrogens is 1. The predicted octanol–water partition coefficient (Wildman–Crippen LogP) is 3.49. The summed E-state index contributed by atoms with van der Waals surface area (Å²) in [5.41, 5.74) is 2.64. The molecule has 0 saturated heterocycles. The molecular formula is C19H14N4O4S. The Morgan fingerprint density at radius 2 is 1.96 bits per heavy atom. The summed E-state index contributed by atoms with van der Waals surface area (Å²) in [5, 5.41) is 25.6. The fourth-order valence-electron chi connectivity index (χ4n) is 2.81. The number of nitrogens with zero attached hydrogens (tertiary/aromatic N) is 3. The number of benzene rings is 2. The maximum atomic E-state index is 12.4. The Balaban J connectivity index is 1.60. The second-order valence-corrected chi connectivity index (χ2v) is 6.96. The minimum Gasteiger partial charge on any atom is -0.508 e. The third-order valence-corrected chi connectivity index (χ3v) is 4.96. The summed E-state index contributed by atoms with van der Waals surface area (Å²) >= 11 is 1.31. The SMILES string of the molecule is O=c1cc(Cc2cccc([N+](=O)[O-])c2)[nH]n1-c1nc(-c2ccc(O)cc2)cs1. The van der Waals surface area contributed by atoms with Gasteiger partial charge in [-0.25, -0.2) is 4.98 Å². The van der Waals surface area contributed by atoms with Crippen LogP contribution in [0, 0.1) is 10.1 Å². The lowest BCUT2D eigenvalue weighted by Crippen LogP contribution is -2.13. The van der Waals surface area contributed by atoms with Gasteiger partial charge in [-0.3, -0.25) is 20.0 Å². The smallest absolute Gasteiger partial charge is 0.273 e. The van der Waals surface area contributed by atoms with E-state index in [0.29, 0.717) is 22.9 Å². The van der Waals surface area contributed by atoms with E-state index in [-0.39, 0.29) is 17.0 Å². The van der Waals surface area contributed by atoms with Crippen molar-refractivity contribution in [3.05, 3.63) is 91.7 Å². The molecule has 0 spiro atoms. The van der Waals surface area contributed by atoms with Gasteiger partial charge in [0.2, 0.25) is 5.13 Å². The highest BCUT2D eigenvalue weighted by atomic mass is 32.1. The van der Waals surface area contributed by atoms with Crippen LogP contribution >= 0.6 is 11.3 Å². The summed E-state index contributed by atoms with van der Waals surface area (Å²) in [5.74, 6) is 0.172. The normalized spacial score (nSPS) is 10.9. The van der Waals surface area contributed by atoms with Crippen molar-refractivity contribution in [2.75, 3.05) is 0 Å². The predicted molar refractivity (Wildman–Crippen MR) is 105 cm³/mol. The Kier molecular flexibility index (Phi) is 4.50. The third-order valence-electron chi connectivity index (χ3n) is 4.14. The van der Waals surface area contributed by atoms with Crippen molar-refractivity contribution in [1.29, 1.82) is 0 Å². The van der Waals surface area contributed by atoms with Gasteiger partial charge in [-0.15, -0.1) is 11.3 Å². The Morgan fingerprint density at radius 3 is 2.71 bits per heavy atom. The maximum absolute atomic E-state index is 12.4. The van der Waals surface area contributed by atoms with Crippen molar-refractivity contribution in [1.82, 2.24) is 14.8 Å². The minimum absolute atomic E-state index is 0.0118. The zero-order valence-electron chi connectivity index (χ0n) is 14.4. The second kappa shape index (κ2) is 7.12. The average Bonchev–Trinajstić information content (AvgIpc) is 3.29. The van der Waals surface area contributed by atoms with Gasteiger partial charge in [0, 0.05) is 41.3 Å². The van der Waals surface area contributed by atoms with Gasteiger partial charge in [0.05, 0.1) is 10.6 Å². The molecule has 0 aliphatic heterocycles. The summed E-state index contributed by atoms with van der Waals surface area (Å²) in [6.07, 6.45) is 0.361. The lowest BCUT2D eigenvalue weighted by molar-refractivity contribution is -0.384. The maximum Gasteiger partial charge on any atom is 0.273 e. The molecule has 0 bridgehead atoms. The standard InChI is InChI=1S/C19H14N4O4S/c24-16-6-4-13(5-7-16)17-11-28-19(20-17)22-18(25)10-14(21-22)8-12-2-1-3-15(9-12)23(26)27/h1-7,9-11,21,24H,8H2. The van der Waals surface area contributed by atoms with Gasteiger partial charge in [-0.1, -0.05) is 12.1 Å². The number of nitro benzene ring substituents is 1. The molecule has 2 aromatic carbocycles. The van der Waals surface area contributed by atoms with E-state index in [1.807, 2.05) is 5.38 Å². The lowest BCUT2D eigenvalue weighted by atomic mass is 10.1. The van der Waals surface area contributed by atoms with Crippen molar-refractivity contribution in [3.8, 4) is 22.1 Å². The summed E-state index contributed by atoms with van der Waals surface area (Å²) in [6, 6.07) is 14.4. The Labute approximate surface area is 162 Å². The minimum atomic E-state index is -0.447. The number of aromatic hydroxyl groups is 1. The Bertz CT molecular complexity index is 1210. The van der Waals surface area contributed by atoms with Gasteiger partial charge >= 0.3 is 0 Å². The molecular weight excluding hydrogens is 380 g/mol. The number of aromatic amines is 1. The zero-order valence-corrected chi connectivity index (χ0v) is 15.2. The molecule has 2 aromatic heterocycles. The van der Waals surface area contributed by atoms with E-state index < -0.39 is 4.92 Å². The van der Waals surface area contributed by atoms with E-state index in [1.54, 1.807) is 36.4 Å². The fourth-order valence-corrected chi connectivity index (χ4v) is 3.61. The third kappa shape index (κ3) is 3.55. The quantitative estimate of drug-likeness (QED) is 0.397. The number of phenols is 1. The molecule has 0 radical (unpaired) electrons. The van der Waals surface area contributed by atoms with Gasteiger partial charge in [-0.05, 0) is 29.8 Å². The Hall–Kier alpha value is -3.72. The van der Waals surface area contributed by atoms with Gasteiger partial charge in [-0.2, -0.15) is 4.68 Å². The number of phenolic OH excluding ortho intramolecular Hbond substituents is 1. The summed E-state index contributed by atoms with van der Waals surface area (Å²) in [7, 11) is 0. The monoisotopic (exact) mass is 394 g/mol. The van der Waals surface area contributed by atoms with Crippen LogP contribution in [-0.4, -0.2) is 24.8 Å². The Morgan fingerprint density at radius 1 is 1.18 bits per heavy atom. The molecule has 2 N–H and O–H groups in total. The molecule has 2 heterocycles. The first kappa shape index (κ1) is 17.7. The van der Waals surface area contributed by atoms with Gasteiger partial charge in [0.15, 0.2) is 0 Å². The second-order valence-electron chi connectivity index (χ2n) is 6.12. The molecule has 140 valence electrons. The molecule has 0 aliphatic rings. The van der Waals surface area contributed by atoms with E-state index in [9.17, 15) is 20.0 Å². The van der Waals surface area contributed by atoms with E-state index in [0.717, 1.165) is 11.1 Å². The highest BCUT2D eigenvalue weighted by Gasteiger charge is 2.12. The first-order chi connectivity index (χ1) is 13.5. The van der Waals surface area contributed by atoms with Crippen LogP contribution in [-0.2, 0) is 6.42 Å². The van der Waals surface area contributed by atoms with Gasteiger partial charge in [0.25, 0.3) is 11.2 Å². The molecule has 0 atom stereocenters. The molecule has 0 aliphatic carbocycles. The van der Waals surface area contributed by atoms with Crippen LogP contribution in [0.4, 0.5) is 5.69 Å². The summed E-state index contributed by atoms with van der Waals surface area (Å²) in [4.78, 5) is 27.3. The lowest BCUT2D eigenvalue weighted by Gasteiger charge is -2.00. The molecule has 0 unspecified atom stereocenters. The fraction of sp³-hybridized carbons (Fsp3) is 0.0526. The first-order valence-corrected chi connectivity index (χ1v) is 9.17. The van der Waals surface area contributed by atoms with Crippen LogP contribution in [0.15, 0.2) is 64.8 Å². The molecule has 4 rings (SSSR count). The van der Waals surface area contributed by atoms with Crippen LogP contribution in [0.5, 0.6) is 5.75 Å². The average molecular weight is 394 g/mol. The molecule has 9 heteroatoms. The molecule has 0 amide bonds. The molecule has 0 fully saturated rings. The van der Waals surface area contributed by atoms with Gasteiger partial charge in [0.1, 0.15) is 5.75 Å². The van der Waals surface area contributed by atoms with Crippen LogP contribution in [0.2, 0.25) is 0 Å². The van der Waals surface area contributed by atoms with Crippen LogP contribution in [0.3, 0.4) is 0 Å². The molecule has 0 saturated carbocycles. The number of non-ortho nitro benzene ring substituents is 1. The largest absolute Gasteiger partial charge is 0.508 e. The number of nitro groups is 1. The summed E-state index contributed by atoms with van der Waals surface area (Å²) in [6.45, 7) is 0. The number of rotatable bonds is 5. The topological polar surface area (TPSA) is 114 Å². The van der Waals surface area contributed by atoms with Gasteiger partial charge < -0.3 is 5.11 Å². The van der Waals surface area contributed by atoms with Crippen molar-refractivity contribution in [2.45, 2.75) is 6.42 Å². The number of aromatic nitrogens is 3. The highest BCUT2D eigenvalue weighted by molar-refractivity contribution is 7.12. The van der Waals surface area contributed by atoms with E-state index in [2.05, 4.69) is 10.1 Å². The van der Waals surface area contributed by atoms with E-state index in [4.69, 9.17) is 0 Å². The van der Waals surface area contributed by atoms with Crippen molar-refractivity contribution >= 4 is 17.0 Å².